The van der Waals surface area contributed by atoms with Crippen molar-refractivity contribution in [1.82, 2.24) is 15.3 Å². The highest BCUT2D eigenvalue weighted by atomic mass is 14.9. The first-order valence-corrected chi connectivity index (χ1v) is 6.75. The highest BCUT2D eigenvalue weighted by molar-refractivity contribution is 5.26. The fraction of sp³-hybridized carbons (Fsp3) is 0.733. The fourth-order valence-corrected chi connectivity index (χ4v) is 2.14. The van der Waals surface area contributed by atoms with Crippen molar-refractivity contribution in [3.63, 3.8) is 0 Å². The van der Waals surface area contributed by atoms with Crippen LogP contribution in [0, 0.1) is 19.8 Å². The van der Waals surface area contributed by atoms with E-state index in [1.807, 2.05) is 7.05 Å². The Morgan fingerprint density at radius 3 is 2.00 bits per heavy atom. The van der Waals surface area contributed by atoms with Gasteiger partial charge in [0.05, 0.1) is 0 Å². The van der Waals surface area contributed by atoms with E-state index in [1.54, 1.807) is 0 Å². The monoisotopic (exact) mass is 249 g/mol. The molecule has 0 saturated carbocycles. The van der Waals surface area contributed by atoms with Gasteiger partial charge in [-0.25, -0.2) is 9.97 Å². The Kier molecular flexibility index (Phi) is 4.85. The van der Waals surface area contributed by atoms with Crippen LogP contribution in [-0.2, 0) is 11.8 Å². The summed E-state index contributed by atoms with van der Waals surface area (Å²) in [6.45, 7) is 14.0. The van der Waals surface area contributed by atoms with Crippen molar-refractivity contribution in [2.45, 2.75) is 53.4 Å². The van der Waals surface area contributed by atoms with E-state index in [0.29, 0.717) is 5.92 Å². The Hall–Kier alpha value is -0.960. The van der Waals surface area contributed by atoms with Gasteiger partial charge < -0.3 is 5.32 Å². The lowest BCUT2D eigenvalue weighted by Gasteiger charge is -2.20. The molecule has 0 saturated heterocycles. The van der Waals surface area contributed by atoms with Gasteiger partial charge in [0.2, 0.25) is 0 Å². The minimum atomic E-state index is 0.0185. The van der Waals surface area contributed by atoms with Crippen molar-refractivity contribution >= 4 is 0 Å². The van der Waals surface area contributed by atoms with Crippen LogP contribution in [-0.4, -0.2) is 23.6 Å². The maximum absolute atomic E-state index is 4.69. The minimum absolute atomic E-state index is 0.0185. The van der Waals surface area contributed by atoms with E-state index in [0.717, 1.165) is 30.2 Å². The number of hydrogen-bond donors (Lipinski definition) is 1. The third-order valence-electron chi connectivity index (χ3n) is 3.20. The molecule has 0 fully saturated rings. The first kappa shape index (κ1) is 15.1. The Labute approximate surface area is 111 Å². The van der Waals surface area contributed by atoms with Gasteiger partial charge in [0.25, 0.3) is 0 Å². The molecule has 0 amide bonds. The number of aryl methyl sites for hydroxylation is 2. The van der Waals surface area contributed by atoms with E-state index in [4.69, 9.17) is 0 Å². The van der Waals surface area contributed by atoms with E-state index in [9.17, 15) is 0 Å². The Bertz CT molecular complexity index is 382. The third kappa shape index (κ3) is 3.77. The summed E-state index contributed by atoms with van der Waals surface area (Å²) >= 11 is 0. The van der Waals surface area contributed by atoms with Crippen LogP contribution in [0.5, 0.6) is 0 Å². The SMILES string of the molecule is CNCC(C)Cc1c(C)nc(C(C)(C)C)nc1C. The van der Waals surface area contributed by atoms with E-state index in [2.05, 4.69) is 56.8 Å². The van der Waals surface area contributed by atoms with Gasteiger partial charge in [-0.1, -0.05) is 27.7 Å². The second-order valence-corrected chi connectivity index (χ2v) is 6.31. The lowest BCUT2D eigenvalue weighted by molar-refractivity contribution is 0.521. The minimum Gasteiger partial charge on any atom is -0.319 e. The predicted molar refractivity (Wildman–Crippen MR) is 77.0 cm³/mol. The highest BCUT2D eigenvalue weighted by Crippen LogP contribution is 2.22. The van der Waals surface area contributed by atoms with E-state index in [1.165, 1.54) is 5.56 Å². The molecule has 0 aliphatic rings. The Balaban J connectivity index is 3.02. The summed E-state index contributed by atoms with van der Waals surface area (Å²) in [5.74, 6) is 1.55. The molecule has 1 atom stereocenters. The fourth-order valence-electron chi connectivity index (χ4n) is 2.14. The van der Waals surface area contributed by atoms with Gasteiger partial charge in [0.1, 0.15) is 5.82 Å². The number of aromatic nitrogens is 2. The van der Waals surface area contributed by atoms with E-state index < -0.39 is 0 Å². The molecule has 1 rings (SSSR count). The first-order valence-electron chi connectivity index (χ1n) is 6.75. The van der Waals surface area contributed by atoms with Gasteiger partial charge in [0, 0.05) is 16.8 Å². The zero-order chi connectivity index (χ0) is 13.9. The summed E-state index contributed by atoms with van der Waals surface area (Å²) in [4.78, 5) is 9.37. The number of nitrogens with one attached hydrogen (secondary N) is 1. The lowest BCUT2D eigenvalue weighted by Crippen LogP contribution is -2.22. The summed E-state index contributed by atoms with van der Waals surface area (Å²) in [5.41, 5.74) is 3.60. The van der Waals surface area contributed by atoms with Crippen molar-refractivity contribution in [3.8, 4) is 0 Å². The molecule has 3 heteroatoms. The van der Waals surface area contributed by atoms with E-state index >= 15 is 0 Å². The Morgan fingerprint density at radius 2 is 1.61 bits per heavy atom. The molecule has 102 valence electrons. The molecule has 1 heterocycles. The van der Waals surface area contributed by atoms with Crippen LogP contribution in [0.25, 0.3) is 0 Å². The molecular formula is C15H27N3. The molecule has 0 aromatic carbocycles. The number of nitrogens with zero attached hydrogens (tertiary/aromatic N) is 2. The topological polar surface area (TPSA) is 37.8 Å². The van der Waals surface area contributed by atoms with Crippen LogP contribution in [0.2, 0.25) is 0 Å². The van der Waals surface area contributed by atoms with Crippen LogP contribution in [0.15, 0.2) is 0 Å². The van der Waals surface area contributed by atoms with Crippen molar-refractivity contribution in [1.29, 1.82) is 0 Å². The third-order valence-corrected chi connectivity index (χ3v) is 3.20. The number of hydrogen-bond acceptors (Lipinski definition) is 3. The lowest BCUT2D eigenvalue weighted by atomic mass is 9.93. The number of rotatable bonds is 4. The van der Waals surface area contributed by atoms with Crippen molar-refractivity contribution in [2.24, 2.45) is 5.92 Å². The summed E-state index contributed by atoms with van der Waals surface area (Å²) in [6.07, 6.45) is 1.04. The second kappa shape index (κ2) is 5.79. The summed E-state index contributed by atoms with van der Waals surface area (Å²) in [5, 5.41) is 3.22. The molecule has 3 nitrogen and oxygen atoms in total. The van der Waals surface area contributed by atoms with Crippen LogP contribution in [0.4, 0.5) is 0 Å². The molecule has 1 unspecified atom stereocenters. The molecular weight excluding hydrogens is 222 g/mol. The zero-order valence-electron chi connectivity index (χ0n) is 12.9. The maximum atomic E-state index is 4.69. The average Bonchev–Trinajstić information content (AvgIpc) is 2.22. The normalized spacial score (nSPS) is 13.7. The summed E-state index contributed by atoms with van der Waals surface area (Å²) in [7, 11) is 2.00. The standard InChI is InChI=1S/C15H27N3/c1-10(9-16-7)8-13-11(2)17-14(15(4,5)6)18-12(13)3/h10,16H,8-9H2,1-7H3. The first-order chi connectivity index (χ1) is 8.25. The van der Waals surface area contributed by atoms with Gasteiger partial charge in [-0.3, -0.25) is 0 Å². The zero-order valence-corrected chi connectivity index (χ0v) is 12.9. The maximum Gasteiger partial charge on any atom is 0.134 e. The van der Waals surface area contributed by atoms with Gasteiger partial charge in [-0.05, 0) is 45.3 Å². The molecule has 0 radical (unpaired) electrons. The van der Waals surface area contributed by atoms with Gasteiger partial charge in [0.15, 0.2) is 0 Å². The molecule has 1 aromatic heterocycles. The van der Waals surface area contributed by atoms with Gasteiger partial charge in [-0.15, -0.1) is 0 Å². The van der Waals surface area contributed by atoms with Crippen LogP contribution < -0.4 is 5.32 Å². The smallest absolute Gasteiger partial charge is 0.134 e. The quantitative estimate of drug-likeness (QED) is 0.891. The Morgan fingerprint density at radius 1 is 1.11 bits per heavy atom. The highest BCUT2D eigenvalue weighted by Gasteiger charge is 2.20. The summed E-state index contributed by atoms with van der Waals surface area (Å²) < 4.78 is 0. The predicted octanol–water partition coefficient (Wildman–Crippen LogP) is 2.79. The molecule has 18 heavy (non-hydrogen) atoms. The summed E-state index contributed by atoms with van der Waals surface area (Å²) in [6, 6.07) is 0. The second-order valence-electron chi connectivity index (χ2n) is 6.31. The van der Waals surface area contributed by atoms with Gasteiger partial charge >= 0.3 is 0 Å². The van der Waals surface area contributed by atoms with Gasteiger partial charge in [-0.2, -0.15) is 0 Å². The van der Waals surface area contributed by atoms with Crippen LogP contribution in [0.3, 0.4) is 0 Å². The van der Waals surface area contributed by atoms with Crippen LogP contribution in [0.1, 0.15) is 50.5 Å². The average molecular weight is 249 g/mol. The van der Waals surface area contributed by atoms with E-state index in [-0.39, 0.29) is 5.41 Å². The molecule has 0 spiro atoms. The molecule has 0 aliphatic carbocycles. The largest absolute Gasteiger partial charge is 0.319 e. The molecule has 1 N–H and O–H groups in total. The van der Waals surface area contributed by atoms with Crippen molar-refractivity contribution in [2.75, 3.05) is 13.6 Å². The van der Waals surface area contributed by atoms with Crippen molar-refractivity contribution < 1.29 is 0 Å². The molecule has 0 aliphatic heterocycles. The molecule has 0 bridgehead atoms. The van der Waals surface area contributed by atoms with Crippen molar-refractivity contribution in [3.05, 3.63) is 22.8 Å². The van der Waals surface area contributed by atoms with Crippen LogP contribution >= 0.6 is 0 Å². The molecule has 1 aromatic rings.